The number of nitrogens with one attached hydrogen (secondary N) is 1. The molecule has 6 nitrogen and oxygen atoms in total. The minimum absolute atomic E-state index is 0. The zero-order chi connectivity index (χ0) is 18.9. The predicted molar refractivity (Wildman–Crippen MR) is 125 cm³/mol. The molecule has 3 unspecified atom stereocenters. The Morgan fingerprint density at radius 3 is 2.79 bits per heavy atom. The molecule has 29 heavy (non-hydrogen) atoms. The second-order valence-electron chi connectivity index (χ2n) is 8.21. The highest BCUT2D eigenvalue weighted by molar-refractivity contribution is 14.0. The Morgan fingerprint density at radius 2 is 2.03 bits per heavy atom. The zero-order valence-corrected chi connectivity index (χ0v) is 19.3. The largest absolute Gasteiger partial charge is 0.364 e. The van der Waals surface area contributed by atoms with E-state index in [4.69, 9.17) is 9.52 Å². The van der Waals surface area contributed by atoms with E-state index in [0.717, 1.165) is 75.2 Å². The fourth-order valence-electron chi connectivity index (χ4n) is 5.02. The SMILES string of the molecule is CCNC(=NCC1C2Cc3ccccc3C12)N1CCN(Cc2ccon2)CC1.I. The molecule has 1 aromatic heterocycles. The van der Waals surface area contributed by atoms with Crippen molar-refractivity contribution in [3.05, 3.63) is 53.4 Å². The van der Waals surface area contributed by atoms with E-state index < -0.39 is 0 Å². The van der Waals surface area contributed by atoms with Crippen molar-refractivity contribution in [2.75, 3.05) is 39.3 Å². The molecule has 1 saturated heterocycles. The second kappa shape index (κ2) is 9.04. The van der Waals surface area contributed by atoms with Crippen LogP contribution in [0.5, 0.6) is 0 Å². The van der Waals surface area contributed by atoms with E-state index in [1.807, 2.05) is 6.07 Å². The summed E-state index contributed by atoms with van der Waals surface area (Å²) in [7, 11) is 0. The van der Waals surface area contributed by atoms with Crippen molar-refractivity contribution in [2.45, 2.75) is 25.8 Å². The van der Waals surface area contributed by atoms with Crippen molar-refractivity contribution in [3.8, 4) is 0 Å². The van der Waals surface area contributed by atoms with Crippen LogP contribution in [0.25, 0.3) is 0 Å². The van der Waals surface area contributed by atoms with Gasteiger partial charge in [-0.25, -0.2) is 0 Å². The number of fused-ring (bicyclic) bond motifs is 3. The maximum absolute atomic E-state index is 5.04. The molecule has 2 fully saturated rings. The maximum Gasteiger partial charge on any atom is 0.194 e. The Kier molecular flexibility index (Phi) is 6.44. The monoisotopic (exact) mass is 507 g/mol. The van der Waals surface area contributed by atoms with Crippen LogP contribution in [0.15, 0.2) is 46.1 Å². The van der Waals surface area contributed by atoms with E-state index in [-0.39, 0.29) is 24.0 Å². The average Bonchev–Trinajstić information content (AvgIpc) is 3.07. The van der Waals surface area contributed by atoms with Gasteiger partial charge in [0.2, 0.25) is 0 Å². The number of hydrogen-bond acceptors (Lipinski definition) is 4. The zero-order valence-electron chi connectivity index (χ0n) is 17.0. The molecule has 7 heteroatoms. The first-order valence-electron chi connectivity index (χ1n) is 10.6. The number of benzene rings is 1. The second-order valence-corrected chi connectivity index (χ2v) is 8.21. The summed E-state index contributed by atoms with van der Waals surface area (Å²) in [5.41, 5.74) is 4.15. The molecule has 0 spiro atoms. The lowest BCUT2D eigenvalue weighted by molar-refractivity contribution is 0.169. The lowest BCUT2D eigenvalue weighted by Gasteiger charge is -2.36. The van der Waals surface area contributed by atoms with Crippen molar-refractivity contribution < 1.29 is 4.52 Å². The molecule has 2 heterocycles. The topological polar surface area (TPSA) is 56.9 Å². The first-order valence-corrected chi connectivity index (χ1v) is 10.6. The number of aliphatic imine (C=N–C) groups is 1. The fourth-order valence-corrected chi connectivity index (χ4v) is 5.02. The van der Waals surface area contributed by atoms with Gasteiger partial charge in [0.15, 0.2) is 5.96 Å². The molecule has 3 aliphatic rings. The number of nitrogens with zero attached hydrogens (tertiary/aromatic N) is 4. The highest BCUT2D eigenvalue weighted by Gasteiger charge is 2.55. The van der Waals surface area contributed by atoms with Gasteiger partial charge in [-0.1, -0.05) is 29.4 Å². The van der Waals surface area contributed by atoms with Gasteiger partial charge in [0.05, 0.1) is 5.69 Å². The van der Waals surface area contributed by atoms with Gasteiger partial charge >= 0.3 is 0 Å². The van der Waals surface area contributed by atoms with Gasteiger partial charge in [-0.05, 0) is 42.2 Å². The van der Waals surface area contributed by atoms with Crippen LogP contribution in [-0.2, 0) is 13.0 Å². The molecule has 0 bridgehead atoms. The molecule has 5 rings (SSSR count). The molecule has 2 aliphatic carbocycles. The van der Waals surface area contributed by atoms with E-state index in [2.05, 4.69) is 51.5 Å². The van der Waals surface area contributed by atoms with E-state index in [9.17, 15) is 0 Å². The molecule has 0 amide bonds. The summed E-state index contributed by atoms with van der Waals surface area (Å²) in [6.45, 7) is 8.94. The summed E-state index contributed by atoms with van der Waals surface area (Å²) in [5, 5.41) is 7.54. The highest BCUT2D eigenvalue weighted by Crippen LogP contribution is 2.61. The van der Waals surface area contributed by atoms with Crippen molar-refractivity contribution in [3.63, 3.8) is 0 Å². The van der Waals surface area contributed by atoms with Crippen LogP contribution < -0.4 is 5.32 Å². The Bertz CT molecular complexity index is 831. The van der Waals surface area contributed by atoms with Crippen LogP contribution in [-0.4, -0.2) is 60.2 Å². The van der Waals surface area contributed by atoms with Crippen molar-refractivity contribution in [2.24, 2.45) is 16.8 Å². The number of rotatable bonds is 5. The molecule has 2 aromatic rings. The maximum atomic E-state index is 5.04. The Balaban J connectivity index is 0.00000205. The van der Waals surface area contributed by atoms with Crippen molar-refractivity contribution in [1.29, 1.82) is 0 Å². The van der Waals surface area contributed by atoms with E-state index in [0.29, 0.717) is 0 Å². The molecular formula is C22H30IN5O. The Hall–Kier alpha value is -1.61. The fraction of sp³-hybridized carbons (Fsp3) is 0.545. The van der Waals surface area contributed by atoms with Crippen LogP contribution in [0.2, 0.25) is 0 Å². The third-order valence-electron chi connectivity index (χ3n) is 6.54. The van der Waals surface area contributed by atoms with Crippen LogP contribution >= 0.6 is 24.0 Å². The predicted octanol–water partition coefficient (Wildman–Crippen LogP) is 2.96. The van der Waals surface area contributed by atoms with Gasteiger partial charge in [-0.2, -0.15) is 0 Å². The van der Waals surface area contributed by atoms with Crippen molar-refractivity contribution >= 4 is 29.9 Å². The number of aromatic nitrogens is 1. The first-order chi connectivity index (χ1) is 13.8. The van der Waals surface area contributed by atoms with E-state index >= 15 is 0 Å². The van der Waals surface area contributed by atoms with Crippen molar-refractivity contribution in [1.82, 2.24) is 20.3 Å². The third kappa shape index (κ3) is 4.30. The summed E-state index contributed by atoms with van der Waals surface area (Å²) < 4.78 is 4.94. The standard InChI is InChI=1S/C22H29N5O.HI/c1-2-23-22(27-10-8-26(9-11-27)15-17-7-12-28-25-17)24-14-20-19-13-16-5-3-4-6-18(16)21(19)20;/h3-7,12,19-21H,2,8-11,13-15H2,1H3,(H,23,24);1H. The van der Waals surface area contributed by atoms with Crippen LogP contribution in [0, 0.1) is 11.8 Å². The van der Waals surface area contributed by atoms with E-state index in [1.165, 1.54) is 6.42 Å². The first kappa shape index (κ1) is 20.7. The molecule has 0 radical (unpaired) electrons. The number of hydrogen-bond donors (Lipinski definition) is 1. The van der Waals surface area contributed by atoms with Gasteiger partial charge in [0, 0.05) is 51.9 Å². The van der Waals surface area contributed by atoms with Crippen LogP contribution in [0.4, 0.5) is 0 Å². The molecule has 1 N–H and O–H groups in total. The number of halogens is 1. The van der Waals surface area contributed by atoms with Gasteiger partial charge in [-0.3, -0.25) is 9.89 Å². The average molecular weight is 507 g/mol. The van der Waals surface area contributed by atoms with E-state index in [1.54, 1.807) is 17.4 Å². The highest BCUT2D eigenvalue weighted by atomic mass is 127. The molecular weight excluding hydrogens is 477 g/mol. The van der Waals surface area contributed by atoms with Gasteiger partial charge in [0.1, 0.15) is 6.26 Å². The summed E-state index contributed by atoms with van der Waals surface area (Å²) in [6.07, 6.45) is 2.89. The lowest BCUT2D eigenvalue weighted by atomic mass is 10.0. The summed E-state index contributed by atoms with van der Waals surface area (Å²) in [4.78, 5) is 9.88. The summed E-state index contributed by atoms with van der Waals surface area (Å²) >= 11 is 0. The molecule has 3 atom stereocenters. The van der Waals surface area contributed by atoms with Gasteiger partial charge < -0.3 is 14.7 Å². The number of guanidine groups is 1. The minimum Gasteiger partial charge on any atom is -0.364 e. The summed E-state index contributed by atoms with van der Waals surface area (Å²) in [5.74, 6) is 3.39. The van der Waals surface area contributed by atoms with Crippen LogP contribution in [0.3, 0.4) is 0 Å². The van der Waals surface area contributed by atoms with Gasteiger partial charge in [-0.15, -0.1) is 24.0 Å². The Morgan fingerprint density at radius 1 is 1.21 bits per heavy atom. The minimum atomic E-state index is 0. The summed E-state index contributed by atoms with van der Waals surface area (Å²) in [6, 6.07) is 10.9. The molecule has 1 aliphatic heterocycles. The third-order valence-corrected chi connectivity index (χ3v) is 6.54. The van der Waals surface area contributed by atoms with Crippen LogP contribution in [0.1, 0.15) is 29.7 Å². The lowest BCUT2D eigenvalue weighted by Crippen LogP contribution is -2.52. The number of piperazine rings is 1. The Labute approximate surface area is 189 Å². The molecule has 156 valence electrons. The van der Waals surface area contributed by atoms with Gasteiger partial charge in [0.25, 0.3) is 0 Å². The molecule has 1 aromatic carbocycles. The molecule has 1 saturated carbocycles. The normalized spacial score (nSPS) is 25.9. The smallest absolute Gasteiger partial charge is 0.194 e. The quantitative estimate of drug-likeness (QED) is 0.383.